The molecule has 0 aliphatic heterocycles. The van der Waals surface area contributed by atoms with Crippen LogP contribution in [-0.2, 0) is 10.8 Å². The third-order valence-electron chi connectivity index (χ3n) is 7.20. The van der Waals surface area contributed by atoms with Crippen LogP contribution < -0.4 is 0 Å². The Hall–Kier alpha value is -2.09. The minimum Gasteiger partial charge on any atom is -0.507 e. The number of aromatic hydroxyl groups is 1. The maximum absolute atomic E-state index is 11.7. The Kier molecular flexibility index (Phi) is 8.20. The van der Waals surface area contributed by atoms with E-state index in [1.807, 2.05) is 6.21 Å². The second-order valence-corrected chi connectivity index (χ2v) is 10.7. The normalized spacial score (nSPS) is 16.0. The Morgan fingerprint density at radius 1 is 0.906 bits per heavy atom. The zero-order valence-corrected chi connectivity index (χ0v) is 21.0. The van der Waals surface area contributed by atoms with Gasteiger partial charge in [0.1, 0.15) is 5.75 Å². The third kappa shape index (κ3) is 5.45. The van der Waals surface area contributed by atoms with E-state index in [4.69, 9.17) is 4.99 Å². The van der Waals surface area contributed by atoms with E-state index in [0.717, 1.165) is 36.8 Å². The number of nitrogens with zero attached hydrogens (tertiary/aromatic N) is 1. The van der Waals surface area contributed by atoms with Crippen molar-refractivity contribution in [1.29, 1.82) is 0 Å². The molecule has 1 N–H and O–H groups in total. The summed E-state index contributed by atoms with van der Waals surface area (Å²) in [5.74, 6) is 0.420. The van der Waals surface area contributed by atoms with E-state index in [0.29, 0.717) is 11.8 Å². The van der Waals surface area contributed by atoms with Crippen molar-refractivity contribution >= 4 is 6.21 Å². The predicted octanol–water partition coefficient (Wildman–Crippen LogP) is 8.33. The number of aliphatic imine (C=N–C) groups is 1. The van der Waals surface area contributed by atoms with Crippen LogP contribution in [0, 0.1) is 0 Å². The minimum absolute atomic E-state index is 0.00324. The molecule has 2 nitrogen and oxygen atoms in total. The van der Waals surface area contributed by atoms with Gasteiger partial charge in [-0.3, -0.25) is 4.99 Å². The third-order valence-corrected chi connectivity index (χ3v) is 7.20. The van der Waals surface area contributed by atoms with E-state index in [1.54, 1.807) is 0 Å². The quantitative estimate of drug-likeness (QED) is 0.417. The summed E-state index contributed by atoms with van der Waals surface area (Å²) in [6, 6.07) is 15.7. The van der Waals surface area contributed by atoms with Crippen LogP contribution in [0.1, 0.15) is 115 Å². The lowest BCUT2D eigenvalue weighted by Gasteiger charge is -2.37. The van der Waals surface area contributed by atoms with Crippen molar-refractivity contribution in [3.05, 3.63) is 64.7 Å². The summed E-state index contributed by atoms with van der Waals surface area (Å²) in [7, 11) is 0. The number of hydrogen-bond acceptors (Lipinski definition) is 2. The molecule has 0 unspecified atom stereocenters. The lowest BCUT2D eigenvalue weighted by atomic mass is 9.67. The molecular formula is C30H43NO. The molecule has 0 aromatic heterocycles. The van der Waals surface area contributed by atoms with Crippen LogP contribution in [0.2, 0.25) is 0 Å². The molecule has 1 aliphatic rings. The van der Waals surface area contributed by atoms with E-state index in [9.17, 15) is 5.11 Å². The molecule has 3 rings (SSSR count). The first-order chi connectivity index (χ1) is 15.3. The first kappa shape index (κ1) is 24.6. The second kappa shape index (κ2) is 10.7. The fourth-order valence-electron chi connectivity index (χ4n) is 5.42. The van der Waals surface area contributed by atoms with Crippen LogP contribution >= 0.6 is 0 Å². The van der Waals surface area contributed by atoms with E-state index in [1.165, 1.54) is 43.2 Å². The van der Waals surface area contributed by atoms with E-state index in [-0.39, 0.29) is 10.8 Å². The molecule has 1 saturated carbocycles. The molecule has 32 heavy (non-hydrogen) atoms. The average molecular weight is 434 g/mol. The van der Waals surface area contributed by atoms with Crippen LogP contribution in [-0.4, -0.2) is 17.4 Å². The molecule has 1 aliphatic carbocycles. The smallest absolute Gasteiger partial charge is 0.128 e. The molecule has 0 atom stereocenters. The van der Waals surface area contributed by atoms with E-state index < -0.39 is 0 Å². The molecule has 0 heterocycles. The van der Waals surface area contributed by atoms with Crippen LogP contribution in [0.5, 0.6) is 5.75 Å². The molecule has 2 heteroatoms. The highest BCUT2D eigenvalue weighted by atomic mass is 16.3. The Bertz CT molecular complexity index is 879. The summed E-state index contributed by atoms with van der Waals surface area (Å²) in [6.07, 6.45) is 12.4. The summed E-state index contributed by atoms with van der Waals surface area (Å²) in [4.78, 5) is 4.94. The van der Waals surface area contributed by atoms with Gasteiger partial charge < -0.3 is 5.11 Å². The average Bonchev–Trinajstić information content (AvgIpc) is 2.79. The monoisotopic (exact) mass is 433 g/mol. The van der Waals surface area contributed by atoms with Crippen molar-refractivity contribution in [2.24, 2.45) is 4.99 Å². The van der Waals surface area contributed by atoms with Gasteiger partial charge in [0.25, 0.3) is 0 Å². The number of hydrogen-bond donors (Lipinski definition) is 1. The predicted molar refractivity (Wildman–Crippen MR) is 138 cm³/mol. The van der Waals surface area contributed by atoms with Gasteiger partial charge in [-0.1, -0.05) is 103 Å². The highest BCUT2D eigenvalue weighted by molar-refractivity contribution is 5.85. The van der Waals surface area contributed by atoms with Crippen molar-refractivity contribution in [3.63, 3.8) is 0 Å². The Morgan fingerprint density at radius 3 is 2.09 bits per heavy atom. The molecule has 0 saturated heterocycles. The lowest BCUT2D eigenvalue weighted by Crippen LogP contribution is -2.29. The van der Waals surface area contributed by atoms with Crippen molar-refractivity contribution < 1.29 is 5.11 Å². The van der Waals surface area contributed by atoms with Gasteiger partial charge in [-0.15, -0.1) is 0 Å². The summed E-state index contributed by atoms with van der Waals surface area (Å²) >= 11 is 0. The number of phenolic OH excluding ortho intramolecular Hbond substituents is 1. The molecule has 174 valence electrons. The number of benzene rings is 2. The number of phenols is 1. The van der Waals surface area contributed by atoms with Crippen molar-refractivity contribution in [1.82, 2.24) is 0 Å². The maximum atomic E-state index is 11.7. The van der Waals surface area contributed by atoms with Crippen LogP contribution in [0.3, 0.4) is 0 Å². The van der Waals surface area contributed by atoms with Gasteiger partial charge in [-0.05, 0) is 48.3 Å². The fourth-order valence-corrected chi connectivity index (χ4v) is 5.42. The van der Waals surface area contributed by atoms with E-state index in [2.05, 4.69) is 77.1 Å². The standard InChI is InChI=1S/C30H43NO/c1-6-18-30(19-7-2,24-14-10-8-11-15-24)27-21-25(29(3,4)5)20-23(28(27)32)22-31-26-16-12-9-13-17-26/h8,10-11,14-15,20-22,26,32H,6-7,9,12-13,16-19H2,1-5H3. The van der Waals surface area contributed by atoms with Gasteiger partial charge in [0.2, 0.25) is 0 Å². The first-order valence-corrected chi connectivity index (χ1v) is 12.8. The highest BCUT2D eigenvalue weighted by Crippen LogP contribution is 2.47. The Balaban J connectivity index is 2.20. The van der Waals surface area contributed by atoms with Gasteiger partial charge in [-0.25, -0.2) is 0 Å². The van der Waals surface area contributed by atoms with Gasteiger partial charge in [0, 0.05) is 28.8 Å². The SMILES string of the molecule is CCCC(CCC)(c1ccccc1)c1cc(C(C)(C)C)cc(C=NC2CCCCC2)c1O. The maximum Gasteiger partial charge on any atom is 0.128 e. The van der Waals surface area contributed by atoms with Gasteiger partial charge >= 0.3 is 0 Å². The summed E-state index contributed by atoms with van der Waals surface area (Å²) in [5.41, 5.74) is 4.33. The van der Waals surface area contributed by atoms with E-state index >= 15 is 0 Å². The zero-order chi connectivity index (χ0) is 23.2. The molecular weight excluding hydrogens is 390 g/mol. The zero-order valence-electron chi connectivity index (χ0n) is 21.0. The van der Waals surface area contributed by atoms with Crippen molar-refractivity contribution in [2.45, 2.75) is 109 Å². The Labute approximate surface area is 196 Å². The Morgan fingerprint density at radius 2 is 1.53 bits per heavy atom. The molecule has 0 bridgehead atoms. The molecule has 0 amide bonds. The van der Waals surface area contributed by atoms with Gasteiger partial charge in [-0.2, -0.15) is 0 Å². The van der Waals surface area contributed by atoms with Gasteiger partial charge in [0.15, 0.2) is 0 Å². The first-order valence-electron chi connectivity index (χ1n) is 12.8. The molecule has 0 spiro atoms. The lowest BCUT2D eigenvalue weighted by molar-refractivity contribution is 0.391. The summed E-state index contributed by atoms with van der Waals surface area (Å²) in [6.45, 7) is 11.3. The van der Waals surface area contributed by atoms with Crippen molar-refractivity contribution in [2.75, 3.05) is 0 Å². The van der Waals surface area contributed by atoms with Crippen LogP contribution in [0.4, 0.5) is 0 Å². The summed E-state index contributed by atoms with van der Waals surface area (Å²) < 4.78 is 0. The highest BCUT2D eigenvalue weighted by Gasteiger charge is 2.36. The number of rotatable bonds is 8. The second-order valence-electron chi connectivity index (χ2n) is 10.7. The fraction of sp³-hybridized carbons (Fsp3) is 0.567. The van der Waals surface area contributed by atoms with Gasteiger partial charge in [0.05, 0.1) is 0 Å². The minimum atomic E-state index is -0.191. The van der Waals surface area contributed by atoms with Crippen LogP contribution in [0.25, 0.3) is 0 Å². The topological polar surface area (TPSA) is 32.6 Å². The largest absolute Gasteiger partial charge is 0.507 e. The molecule has 2 aromatic carbocycles. The molecule has 1 fully saturated rings. The van der Waals surface area contributed by atoms with Crippen LogP contribution in [0.15, 0.2) is 47.5 Å². The van der Waals surface area contributed by atoms with Crippen molar-refractivity contribution in [3.8, 4) is 5.75 Å². The molecule has 2 aromatic rings. The summed E-state index contributed by atoms with van der Waals surface area (Å²) in [5, 5.41) is 11.7. The molecule has 0 radical (unpaired) electrons.